The smallest absolute Gasteiger partial charge is 0.328 e. The number of anilines is 3. The van der Waals surface area contributed by atoms with Crippen molar-refractivity contribution in [2.24, 2.45) is 5.73 Å². The molecule has 0 bridgehead atoms. The molecular weight excluding hydrogens is 478 g/mol. The molecule has 3 aromatic rings. The van der Waals surface area contributed by atoms with Crippen LogP contribution in [-0.2, 0) is 36.7 Å². The third-order valence-corrected chi connectivity index (χ3v) is 5.20. The molecule has 194 valence electrons. The van der Waals surface area contributed by atoms with Crippen molar-refractivity contribution >= 4 is 35.7 Å². The minimum atomic E-state index is -0.827. The number of hydrogen-bond donors (Lipinski definition) is 4. The first kappa shape index (κ1) is 26.9. The van der Waals surface area contributed by atoms with Crippen LogP contribution in [0.5, 0.6) is 0 Å². The number of carbonyl (C=O) groups excluding carboxylic acids is 3. The molecule has 0 saturated heterocycles. The summed E-state index contributed by atoms with van der Waals surface area (Å²) in [5.74, 6) is -1.65. The van der Waals surface area contributed by atoms with Gasteiger partial charge in [0.05, 0.1) is 20.8 Å². The fraction of sp³-hybridized carbons (Fsp3) is 0.280. The maximum Gasteiger partial charge on any atom is 0.328 e. The third-order valence-electron chi connectivity index (χ3n) is 5.20. The molecule has 2 atom stereocenters. The number of rotatable bonds is 13. The molecule has 0 fully saturated rings. The summed E-state index contributed by atoms with van der Waals surface area (Å²) in [7, 11) is 2.57. The van der Waals surface area contributed by atoms with Crippen LogP contribution in [0.1, 0.15) is 11.1 Å². The number of hydrogen-bond acceptors (Lipinski definition) is 11. The Morgan fingerprint density at radius 1 is 0.730 bits per heavy atom. The normalized spacial score (nSPS) is 12.1. The highest BCUT2D eigenvalue weighted by atomic mass is 16.5. The van der Waals surface area contributed by atoms with E-state index in [9.17, 15) is 14.4 Å². The van der Waals surface area contributed by atoms with Gasteiger partial charge in [-0.15, -0.1) is 0 Å². The van der Waals surface area contributed by atoms with Crippen molar-refractivity contribution in [3.05, 3.63) is 71.8 Å². The number of carbonyl (C=O) groups is 3. The average Bonchev–Trinajstić information content (AvgIpc) is 2.91. The lowest BCUT2D eigenvalue weighted by molar-refractivity contribution is -0.142. The monoisotopic (exact) mass is 507 g/mol. The van der Waals surface area contributed by atoms with Crippen molar-refractivity contribution in [1.82, 2.24) is 15.0 Å². The topological polar surface area (TPSA) is 170 Å². The predicted molar refractivity (Wildman–Crippen MR) is 137 cm³/mol. The van der Waals surface area contributed by atoms with Gasteiger partial charge in [-0.3, -0.25) is 4.79 Å². The lowest BCUT2D eigenvalue weighted by atomic mass is 10.1. The third kappa shape index (κ3) is 8.46. The van der Waals surface area contributed by atoms with Gasteiger partial charge in [-0.2, -0.15) is 15.0 Å². The number of primary amides is 1. The molecule has 1 amide bonds. The van der Waals surface area contributed by atoms with Crippen LogP contribution in [0.15, 0.2) is 60.7 Å². The van der Waals surface area contributed by atoms with Gasteiger partial charge in [0, 0.05) is 12.8 Å². The molecule has 12 nitrogen and oxygen atoms in total. The second kappa shape index (κ2) is 13.4. The zero-order chi connectivity index (χ0) is 26.6. The van der Waals surface area contributed by atoms with Gasteiger partial charge in [0.15, 0.2) is 0 Å². The molecule has 0 unspecified atom stereocenters. The van der Waals surface area contributed by atoms with E-state index in [4.69, 9.17) is 15.2 Å². The van der Waals surface area contributed by atoms with Crippen LogP contribution in [0.4, 0.5) is 17.8 Å². The number of nitrogens with one attached hydrogen (secondary N) is 3. The molecule has 1 heterocycles. The number of amides is 1. The summed E-state index contributed by atoms with van der Waals surface area (Å²) in [5, 5.41) is 8.64. The second-order valence-corrected chi connectivity index (χ2v) is 7.95. The van der Waals surface area contributed by atoms with Crippen molar-refractivity contribution in [2.75, 3.05) is 36.7 Å². The molecule has 5 N–H and O–H groups in total. The molecule has 0 aliphatic carbocycles. The Bertz CT molecular complexity index is 1110. The number of methoxy groups -OCH3 is 2. The number of aromatic nitrogens is 3. The zero-order valence-electron chi connectivity index (χ0n) is 20.5. The highest BCUT2D eigenvalue weighted by Crippen LogP contribution is 2.16. The highest BCUT2D eigenvalue weighted by Gasteiger charge is 2.24. The van der Waals surface area contributed by atoms with E-state index in [1.807, 2.05) is 60.7 Å². The van der Waals surface area contributed by atoms with Gasteiger partial charge in [0.25, 0.3) is 0 Å². The molecule has 2 aromatic carbocycles. The van der Waals surface area contributed by atoms with Gasteiger partial charge in [0.1, 0.15) is 12.1 Å². The van der Waals surface area contributed by atoms with Crippen LogP contribution >= 0.6 is 0 Å². The van der Waals surface area contributed by atoms with Crippen LogP contribution in [0.25, 0.3) is 0 Å². The van der Waals surface area contributed by atoms with E-state index in [2.05, 4.69) is 30.9 Å². The Hall–Kier alpha value is -4.74. The van der Waals surface area contributed by atoms with Gasteiger partial charge >= 0.3 is 11.9 Å². The molecule has 0 radical (unpaired) electrons. The van der Waals surface area contributed by atoms with E-state index < -0.39 is 29.9 Å². The lowest BCUT2D eigenvalue weighted by Crippen LogP contribution is -2.35. The van der Waals surface area contributed by atoms with E-state index in [0.29, 0.717) is 12.8 Å². The Morgan fingerprint density at radius 2 is 1.14 bits per heavy atom. The Balaban J connectivity index is 1.90. The average molecular weight is 508 g/mol. The molecule has 0 spiro atoms. The van der Waals surface area contributed by atoms with Crippen LogP contribution < -0.4 is 21.7 Å². The molecule has 3 rings (SSSR count). The van der Waals surface area contributed by atoms with Crippen molar-refractivity contribution in [3.8, 4) is 0 Å². The summed E-state index contributed by atoms with van der Waals surface area (Å²) in [6, 6.07) is 17.0. The fourth-order valence-corrected chi connectivity index (χ4v) is 3.43. The van der Waals surface area contributed by atoms with Crippen LogP contribution in [-0.4, -0.2) is 65.6 Å². The minimum absolute atomic E-state index is 0.00505. The predicted octanol–water partition coefficient (Wildman–Crippen LogP) is 1.16. The number of benzene rings is 2. The quantitative estimate of drug-likeness (QED) is 0.245. The van der Waals surface area contributed by atoms with Crippen LogP contribution in [0.2, 0.25) is 0 Å². The number of esters is 2. The van der Waals surface area contributed by atoms with Gasteiger partial charge in [-0.1, -0.05) is 60.7 Å². The largest absolute Gasteiger partial charge is 0.467 e. The van der Waals surface area contributed by atoms with Gasteiger partial charge in [-0.25, -0.2) is 9.59 Å². The second-order valence-electron chi connectivity index (χ2n) is 7.95. The van der Waals surface area contributed by atoms with E-state index in [1.54, 1.807) is 0 Å². The Kier molecular flexibility index (Phi) is 9.71. The summed E-state index contributed by atoms with van der Waals surface area (Å²) >= 11 is 0. The molecule has 0 aliphatic rings. The Labute approximate surface area is 214 Å². The number of ether oxygens (including phenoxy) is 2. The first-order chi connectivity index (χ1) is 17.9. The summed E-state index contributed by atoms with van der Waals surface area (Å²) in [6.45, 7) is -0.238. The number of nitrogens with two attached hydrogens (primary N) is 1. The van der Waals surface area contributed by atoms with E-state index in [0.717, 1.165) is 11.1 Å². The summed E-state index contributed by atoms with van der Waals surface area (Å²) < 4.78 is 9.89. The molecule has 1 aromatic heterocycles. The van der Waals surface area contributed by atoms with Crippen molar-refractivity contribution in [2.45, 2.75) is 24.9 Å². The zero-order valence-corrected chi connectivity index (χ0v) is 20.5. The summed E-state index contributed by atoms with van der Waals surface area (Å²) in [4.78, 5) is 49.1. The number of nitrogens with zero attached hydrogens (tertiary/aromatic N) is 3. The van der Waals surface area contributed by atoms with Crippen molar-refractivity contribution in [3.63, 3.8) is 0 Å². The molecule has 0 aliphatic heterocycles. The minimum Gasteiger partial charge on any atom is -0.467 e. The van der Waals surface area contributed by atoms with E-state index in [1.165, 1.54) is 14.2 Å². The maximum absolute atomic E-state index is 12.5. The first-order valence-corrected chi connectivity index (χ1v) is 11.4. The van der Waals surface area contributed by atoms with E-state index in [-0.39, 0.29) is 24.4 Å². The molecular formula is C25H29N7O5. The lowest BCUT2D eigenvalue weighted by Gasteiger charge is -2.19. The maximum atomic E-state index is 12.5. The fourth-order valence-electron chi connectivity index (χ4n) is 3.43. The van der Waals surface area contributed by atoms with Crippen molar-refractivity contribution in [1.29, 1.82) is 0 Å². The van der Waals surface area contributed by atoms with Gasteiger partial charge in [0.2, 0.25) is 23.8 Å². The van der Waals surface area contributed by atoms with E-state index >= 15 is 0 Å². The van der Waals surface area contributed by atoms with Gasteiger partial charge < -0.3 is 31.2 Å². The van der Waals surface area contributed by atoms with Gasteiger partial charge in [-0.05, 0) is 11.1 Å². The van der Waals surface area contributed by atoms with Crippen molar-refractivity contribution < 1.29 is 23.9 Å². The molecule has 12 heteroatoms. The Morgan fingerprint density at radius 3 is 1.51 bits per heavy atom. The molecule has 37 heavy (non-hydrogen) atoms. The van der Waals surface area contributed by atoms with Crippen LogP contribution in [0, 0.1) is 0 Å². The van der Waals surface area contributed by atoms with Crippen LogP contribution in [0.3, 0.4) is 0 Å². The standard InChI is InChI=1S/C25H29N7O5/c1-36-21(34)18(13-16-9-5-3-6-10-16)28-24-30-23(27-15-20(26)33)31-25(32-24)29-19(22(35)37-2)14-17-11-7-4-8-12-17/h3-12,18-19H,13-15H2,1-2H3,(H2,26,33)(H3,27,28,29,30,31,32)/t18-,19+. The SMILES string of the molecule is COC(=O)[C@H](Cc1ccccc1)Nc1nc(NCC(N)=O)nc(N[C@H](Cc2ccccc2)C(=O)OC)n1. The summed E-state index contributed by atoms with van der Waals surface area (Å²) in [5.41, 5.74) is 7.01. The summed E-state index contributed by atoms with van der Waals surface area (Å²) in [6.07, 6.45) is 0.593. The molecule has 0 saturated carbocycles. The first-order valence-electron chi connectivity index (χ1n) is 11.4. The highest BCUT2D eigenvalue weighted by molar-refractivity contribution is 5.80.